The van der Waals surface area contributed by atoms with Crippen molar-refractivity contribution in [2.45, 2.75) is 50.8 Å². The van der Waals surface area contributed by atoms with Crippen LogP contribution >= 0.6 is 23.4 Å². The van der Waals surface area contributed by atoms with Gasteiger partial charge in [0.1, 0.15) is 0 Å². The lowest BCUT2D eigenvalue weighted by molar-refractivity contribution is -0.120. The predicted octanol–water partition coefficient (Wildman–Crippen LogP) is 5.62. The fraction of sp³-hybridized carbons (Fsp3) is 0.350. The van der Waals surface area contributed by atoms with Crippen LogP contribution in [0.15, 0.2) is 41.3 Å². The Labute approximate surface area is 154 Å². The number of benzene rings is 2. The number of rotatable bonds is 5. The second-order valence-electron chi connectivity index (χ2n) is 6.24. The smallest absolute Gasteiger partial charge is 0.233 e. The van der Waals surface area contributed by atoms with Crippen LogP contribution in [-0.4, -0.2) is 11.2 Å². The molecule has 0 saturated heterocycles. The van der Waals surface area contributed by atoms with Crippen LogP contribution in [0.1, 0.15) is 42.1 Å². The standard InChI is InChI=1S/C20H24ClNOS/c1-12-10-14(3)19(11-13(12)2)15(4)22-20(23)16(5)24-18-8-6-17(21)7-9-18/h6-11,15-16H,1-5H3,(H,22,23)/t15-,16+/m0/s1. The van der Waals surface area contributed by atoms with Crippen LogP contribution in [0.2, 0.25) is 5.02 Å². The van der Waals surface area contributed by atoms with E-state index in [0.29, 0.717) is 5.02 Å². The molecule has 0 heterocycles. The van der Waals surface area contributed by atoms with Crippen molar-refractivity contribution in [2.75, 3.05) is 0 Å². The van der Waals surface area contributed by atoms with Gasteiger partial charge in [0.15, 0.2) is 0 Å². The second kappa shape index (κ2) is 8.09. The third-order valence-corrected chi connectivity index (χ3v) is 5.57. The van der Waals surface area contributed by atoms with E-state index in [0.717, 1.165) is 4.90 Å². The van der Waals surface area contributed by atoms with Crippen LogP contribution < -0.4 is 5.32 Å². The highest BCUT2D eigenvalue weighted by Crippen LogP contribution is 2.26. The zero-order valence-electron chi connectivity index (χ0n) is 14.8. The summed E-state index contributed by atoms with van der Waals surface area (Å²) in [5.41, 5.74) is 4.92. The summed E-state index contributed by atoms with van der Waals surface area (Å²) in [4.78, 5) is 13.5. The summed E-state index contributed by atoms with van der Waals surface area (Å²) in [5, 5.41) is 3.67. The van der Waals surface area contributed by atoms with E-state index in [9.17, 15) is 4.79 Å². The highest BCUT2D eigenvalue weighted by Gasteiger charge is 2.18. The molecule has 0 aliphatic rings. The highest BCUT2D eigenvalue weighted by molar-refractivity contribution is 8.00. The molecule has 24 heavy (non-hydrogen) atoms. The molecule has 128 valence electrons. The first-order valence-electron chi connectivity index (χ1n) is 8.08. The summed E-state index contributed by atoms with van der Waals surface area (Å²) >= 11 is 7.43. The van der Waals surface area contributed by atoms with E-state index < -0.39 is 0 Å². The van der Waals surface area contributed by atoms with Crippen LogP contribution in [0.25, 0.3) is 0 Å². The van der Waals surface area contributed by atoms with Crippen molar-refractivity contribution in [3.05, 3.63) is 63.7 Å². The van der Waals surface area contributed by atoms with Gasteiger partial charge in [0.25, 0.3) is 0 Å². The molecule has 0 spiro atoms. The molecule has 0 bridgehead atoms. The summed E-state index contributed by atoms with van der Waals surface area (Å²) in [6.45, 7) is 10.3. The first-order chi connectivity index (χ1) is 11.3. The molecule has 2 rings (SSSR count). The summed E-state index contributed by atoms with van der Waals surface area (Å²) in [5.74, 6) is 0.0417. The molecule has 0 fully saturated rings. The fourth-order valence-corrected chi connectivity index (χ4v) is 3.63. The zero-order chi connectivity index (χ0) is 17.9. The van der Waals surface area contributed by atoms with E-state index in [4.69, 9.17) is 11.6 Å². The van der Waals surface area contributed by atoms with Crippen molar-refractivity contribution < 1.29 is 4.79 Å². The van der Waals surface area contributed by atoms with Gasteiger partial charge in [-0.25, -0.2) is 0 Å². The number of nitrogens with one attached hydrogen (secondary N) is 1. The Morgan fingerprint density at radius 3 is 2.21 bits per heavy atom. The number of halogens is 1. The Kier molecular flexibility index (Phi) is 6.36. The number of carbonyl (C=O) groups excluding carboxylic acids is 1. The van der Waals surface area contributed by atoms with Gasteiger partial charge in [-0.1, -0.05) is 23.7 Å². The molecule has 0 aliphatic carbocycles. The van der Waals surface area contributed by atoms with Crippen molar-refractivity contribution in [3.8, 4) is 0 Å². The molecule has 0 aliphatic heterocycles. The van der Waals surface area contributed by atoms with Crippen LogP contribution in [0.5, 0.6) is 0 Å². The number of carbonyl (C=O) groups is 1. The number of thioether (sulfide) groups is 1. The SMILES string of the molecule is Cc1cc(C)c([C@H](C)NC(=O)[C@@H](C)Sc2ccc(Cl)cc2)cc1C. The molecule has 0 unspecified atom stereocenters. The fourth-order valence-electron chi connectivity index (χ4n) is 2.63. The maximum Gasteiger partial charge on any atom is 0.233 e. The van der Waals surface area contributed by atoms with Crippen LogP contribution in [0.3, 0.4) is 0 Å². The molecule has 0 radical (unpaired) electrons. The van der Waals surface area contributed by atoms with Gasteiger partial charge in [-0.3, -0.25) is 4.79 Å². The molecule has 1 N–H and O–H groups in total. The molecule has 4 heteroatoms. The average molecular weight is 362 g/mol. The van der Waals surface area contributed by atoms with Crippen LogP contribution in [-0.2, 0) is 4.79 Å². The molecule has 0 saturated carbocycles. The number of hydrogen-bond donors (Lipinski definition) is 1. The van der Waals surface area contributed by atoms with Crippen LogP contribution in [0.4, 0.5) is 0 Å². The normalized spacial score (nSPS) is 13.4. The lowest BCUT2D eigenvalue weighted by Crippen LogP contribution is -2.33. The monoisotopic (exact) mass is 361 g/mol. The minimum atomic E-state index is -0.166. The Bertz CT molecular complexity index is 727. The quantitative estimate of drug-likeness (QED) is 0.700. The third-order valence-electron chi connectivity index (χ3n) is 4.20. The van der Waals surface area contributed by atoms with Crippen molar-refractivity contribution in [1.29, 1.82) is 0 Å². The first-order valence-corrected chi connectivity index (χ1v) is 9.34. The van der Waals surface area contributed by atoms with Gasteiger partial charge in [-0.2, -0.15) is 0 Å². The largest absolute Gasteiger partial charge is 0.349 e. The minimum absolute atomic E-state index is 0.00920. The van der Waals surface area contributed by atoms with Gasteiger partial charge < -0.3 is 5.32 Å². The molecular formula is C20H24ClNOS. The Morgan fingerprint density at radius 1 is 1.00 bits per heavy atom. The maximum atomic E-state index is 12.5. The lowest BCUT2D eigenvalue weighted by Gasteiger charge is -2.20. The second-order valence-corrected chi connectivity index (χ2v) is 8.09. The number of aryl methyl sites for hydroxylation is 3. The summed E-state index contributed by atoms with van der Waals surface area (Å²) in [7, 11) is 0. The summed E-state index contributed by atoms with van der Waals surface area (Å²) in [6, 6.07) is 11.9. The lowest BCUT2D eigenvalue weighted by atomic mass is 9.96. The topological polar surface area (TPSA) is 29.1 Å². The van der Waals surface area contributed by atoms with E-state index in [1.54, 1.807) is 0 Å². The van der Waals surface area contributed by atoms with Gasteiger partial charge >= 0.3 is 0 Å². The molecule has 2 aromatic rings. The highest BCUT2D eigenvalue weighted by atomic mass is 35.5. The van der Waals surface area contributed by atoms with E-state index in [-0.39, 0.29) is 17.2 Å². The zero-order valence-corrected chi connectivity index (χ0v) is 16.4. The van der Waals surface area contributed by atoms with Crippen molar-refractivity contribution >= 4 is 29.3 Å². The van der Waals surface area contributed by atoms with E-state index in [2.05, 4.69) is 38.2 Å². The first kappa shape index (κ1) is 18.9. The third kappa shape index (κ3) is 4.78. The Hall–Kier alpha value is -1.45. The molecule has 2 atom stereocenters. The predicted molar refractivity (Wildman–Crippen MR) is 104 cm³/mol. The number of hydrogen-bond acceptors (Lipinski definition) is 2. The van der Waals surface area contributed by atoms with Gasteiger partial charge in [0, 0.05) is 9.92 Å². The maximum absolute atomic E-state index is 12.5. The summed E-state index contributed by atoms with van der Waals surface area (Å²) < 4.78 is 0. The van der Waals surface area contributed by atoms with Crippen molar-refractivity contribution in [3.63, 3.8) is 0 Å². The van der Waals surface area contributed by atoms with E-state index in [1.165, 1.54) is 34.0 Å². The molecule has 2 nitrogen and oxygen atoms in total. The van der Waals surface area contributed by atoms with Crippen molar-refractivity contribution in [1.82, 2.24) is 5.32 Å². The average Bonchev–Trinajstić information content (AvgIpc) is 2.52. The van der Waals surface area contributed by atoms with E-state index in [1.807, 2.05) is 38.1 Å². The Morgan fingerprint density at radius 2 is 1.58 bits per heavy atom. The minimum Gasteiger partial charge on any atom is -0.349 e. The molecule has 1 amide bonds. The molecule has 0 aromatic heterocycles. The Balaban J connectivity index is 2.03. The summed E-state index contributed by atoms with van der Waals surface area (Å²) in [6.07, 6.45) is 0. The van der Waals surface area contributed by atoms with Crippen molar-refractivity contribution in [2.24, 2.45) is 0 Å². The van der Waals surface area contributed by atoms with Gasteiger partial charge in [-0.15, -0.1) is 11.8 Å². The van der Waals surface area contributed by atoms with Gasteiger partial charge in [0.2, 0.25) is 5.91 Å². The molecule has 2 aromatic carbocycles. The van der Waals surface area contributed by atoms with Gasteiger partial charge in [-0.05, 0) is 81.1 Å². The van der Waals surface area contributed by atoms with E-state index >= 15 is 0 Å². The van der Waals surface area contributed by atoms with Gasteiger partial charge in [0.05, 0.1) is 11.3 Å². The number of amides is 1. The van der Waals surface area contributed by atoms with Crippen LogP contribution in [0, 0.1) is 20.8 Å². The molecular weight excluding hydrogens is 338 g/mol.